The molecule has 0 saturated carbocycles. The summed E-state index contributed by atoms with van der Waals surface area (Å²) in [6.07, 6.45) is 0. The zero-order valence-electron chi connectivity index (χ0n) is 12.4. The lowest BCUT2D eigenvalue weighted by Crippen LogP contribution is -2.40. The van der Waals surface area contributed by atoms with Crippen LogP contribution in [0.2, 0.25) is 0 Å². The van der Waals surface area contributed by atoms with Gasteiger partial charge in [0.1, 0.15) is 0 Å². The predicted octanol–water partition coefficient (Wildman–Crippen LogP) is 2.86. The fourth-order valence-electron chi connectivity index (χ4n) is 1.99. The fourth-order valence-corrected chi connectivity index (χ4v) is 3.02. The number of benzene rings is 1. The highest BCUT2D eigenvalue weighted by atomic mass is 32.1. The van der Waals surface area contributed by atoms with Crippen LogP contribution in [0.3, 0.4) is 0 Å². The Morgan fingerprint density at radius 3 is 2.57 bits per heavy atom. The molecular formula is C16H21N3S2. The monoisotopic (exact) mass is 319 g/mol. The van der Waals surface area contributed by atoms with Gasteiger partial charge in [0.15, 0.2) is 5.11 Å². The number of thiocarbonyl (C=S) groups is 1. The first-order valence-corrected chi connectivity index (χ1v) is 8.23. The van der Waals surface area contributed by atoms with Crippen molar-refractivity contribution < 1.29 is 0 Å². The molecule has 1 heterocycles. The van der Waals surface area contributed by atoms with Crippen LogP contribution < -0.4 is 10.6 Å². The number of nitrogens with zero attached hydrogens (tertiary/aromatic N) is 1. The van der Waals surface area contributed by atoms with E-state index in [9.17, 15) is 0 Å². The highest BCUT2D eigenvalue weighted by molar-refractivity contribution is 7.80. The van der Waals surface area contributed by atoms with Crippen molar-refractivity contribution in [2.75, 3.05) is 27.2 Å². The van der Waals surface area contributed by atoms with Crippen LogP contribution in [0.4, 0.5) is 0 Å². The third kappa shape index (κ3) is 5.12. The average molecular weight is 319 g/mol. The third-order valence-corrected chi connectivity index (χ3v) is 4.28. The molecule has 0 aliphatic rings. The summed E-state index contributed by atoms with van der Waals surface area (Å²) in [5, 5.41) is 9.47. The summed E-state index contributed by atoms with van der Waals surface area (Å²) in [7, 11) is 4.10. The largest absolute Gasteiger partial charge is 0.361 e. The predicted molar refractivity (Wildman–Crippen MR) is 94.9 cm³/mol. The molecule has 112 valence electrons. The summed E-state index contributed by atoms with van der Waals surface area (Å²) >= 11 is 7.16. The van der Waals surface area contributed by atoms with Gasteiger partial charge in [0, 0.05) is 18.0 Å². The Kier molecular flexibility index (Phi) is 6.17. The second-order valence-electron chi connectivity index (χ2n) is 5.06. The van der Waals surface area contributed by atoms with Gasteiger partial charge in [0.2, 0.25) is 0 Å². The van der Waals surface area contributed by atoms with Crippen molar-refractivity contribution >= 4 is 28.7 Å². The van der Waals surface area contributed by atoms with E-state index in [0.29, 0.717) is 5.11 Å². The van der Waals surface area contributed by atoms with Gasteiger partial charge in [-0.3, -0.25) is 0 Å². The summed E-state index contributed by atoms with van der Waals surface area (Å²) in [5.74, 6) is 0. The van der Waals surface area contributed by atoms with E-state index >= 15 is 0 Å². The Labute approximate surface area is 136 Å². The number of hydrogen-bond donors (Lipinski definition) is 2. The maximum absolute atomic E-state index is 5.42. The molecule has 0 saturated heterocycles. The molecule has 3 nitrogen and oxygen atoms in total. The van der Waals surface area contributed by atoms with Crippen LogP contribution in [0.15, 0.2) is 47.8 Å². The summed E-state index contributed by atoms with van der Waals surface area (Å²) in [5.41, 5.74) is 1.22. The summed E-state index contributed by atoms with van der Waals surface area (Å²) in [6.45, 7) is 1.79. The number of thiophene rings is 1. The van der Waals surface area contributed by atoms with Crippen molar-refractivity contribution in [3.63, 3.8) is 0 Å². The van der Waals surface area contributed by atoms with Crippen molar-refractivity contribution in [3.05, 3.63) is 58.3 Å². The van der Waals surface area contributed by atoms with E-state index in [0.717, 1.165) is 13.1 Å². The van der Waals surface area contributed by atoms with E-state index in [4.69, 9.17) is 12.2 Å². The Balaban J connectivity index is 2.02. The minimum atomic E-state index is 0.102. The normalized spacial score (nSPS) is 12.1. The molecule has 2 rings (SSSR count). The molecular weight excluding hydrogens is 298 g/mol. The van der Waals surface area contributed by atoms with E-state index in [2.05, 4.69) is 71.4 Å². The van der Waals surface area contributed by atoms with Crippen LogP contribution in [0, 0.1) is 0 Å². The van der Waals surface area contributed by atoms with Crippen LogP contribution in [-0.4, -0.2) is 37.2 Å². The van der Waals surface area contributed by atoms with E-state index in [-0.39, 0.29) is 6.04 Å². The van der Waals surface area contributed by atoms with Gasteiger partial charge in [-0.1, -0.05) is 36.4 Å². The summed E-state index contributed by atoms with van der Waals surface area (Å²) < 4.78 is 0. The number of rotatable bonds is 6. The van der Waals surface area contributed by atoms with Gasteiger partial charge in [-0.05, 0) is 43.3 Å². The van der Waals surface area contributed by atoms with Crippen LogP contribution in [-0.2, 0) is 0 Å². The molecule has 21 heavy (non-hydrogen) atoms. The minimum absolute atomic E-state index is 0.102. The van der Waals surface area contributed by atoms with Gasteiger partial charge >= 0.3 is 0 Å². The zero-order chi connectivity index (χ0) is 15.1. The Bertz CT molecular complexity index is 538. The topological polar surface area (TPSA) is 27.3 Å². The Morgan fingerprint density at radius 1 is 1.19 bits per heavy atom. The first kappa shape index (κ1) is 15.9. The second kappa shape index (κ2) is 8.12. The zero-order valence-corrected chi connectivity index (χ0v) is 14.0. The van der Waals surface area contributed by atoms with Crippen molar-refractivity contribution in [1.82, 2.24) is 15.5 Å². The summed E-state index contributed by atoms with van der Waals surface area (Å²) in [4.78, 5) is 3.39. The number of nitrogens with one attached hydrogen (secondary N) is 2. The first-order valence-electron chi connectivity index (χ1n) is 6.94. The SMILES string of the molecule is CN(C)CCNC(=S)N[C@H](c1ccccc1)c1cccs1. The molecule has 5 heteroatoms. The fraction of sp³-hybridized carbons (Fsp3) is 0.312. The van der Waals surface area contributed by atoms with E-state index in [1.165, 1.54) is 10.4 Å². The third-order valence-electron chi connectivity index (χ3n) is 3.08. The lowest BCUT2D eigenvalue weighted by Gasteiger charge is -2.21. The van der Waals surface area contributed by atoms with Crippen LogP contribution in [0.5, 0.6) is 0 Å². The molecule has 0 radical (unpaired) electrons. The van der Waals surface area contributed by atoms with Gasteiger partial charge in [0.05, 0.1) is 6.04 Å². The molecule has 1 atom stereocenters. The van der Waals surface area contributed by atoms with Crippen LogP contribution in [0.25, 0.3) is 0 Å². The van der Waals surface area contributed by atoms with E-state index in [1.807, 2.05) is 6.07 Å². The van der Waals surface area contributed by atoms with Gasteiger partial charge in [-0.2, -0.15) is 0 Å². The molecule has 0 unspecified atom stereocenters. The molecule has 2 aromatic rings. The molecule has 2 N–H and O–H groups in total. The van der Waals surface area contributed by atoms with E-state index < -0.39 is 0 Å². The summed E-state index contributed by atoms with van der Waals surface area (Å²) in [6, 6.07) is 14.7. The van der Waals surface area contributed by atoms with Crippen molar-refractivity contribution in [1.29, 1.82) is 0 Å². The Hall–Kier alpha value is -1.43. The molecule has 0 aliphatic heterocycles. The second-order valence-corrected chi connectivity index (χ2v) is 6.45. The molecule has 1 aromatic carbocycles. The molecule has 1 aromatic heterocycles. The standard InChI is InChI=1S/C16H21N3S2/c1-19(2)11-10-17-16(20)18-15(14-9-6-12-21-14)13-7-4-3-5-8-13/h3-9,12,15H,10-11H2,1-2H3,(H2,17,18,20)/t15-/m1/s1. The van der Waals surface area contributed by atoms with Crippen molar-refractivity contribution in [2.45, 2.75) is 6.04 Å². The highest BCUT2D eigenvalue weighted by Gasteiger charge is 2.15. The van der Waals surface area contributed by atoms with Gasteiger partial charge in [-0.25, -0.2) is 0 Å². The lowest BCUT2D eigenvalue weighted by molar-refractivity contribution is 0.412. The number of likely N-dealkylation sites (N-methyl/N-ethyl adjacent to an activating group) is 1. The molecule has 0 amide bonds. The average Bonchev–Trinajstić information content (AvgIpc) is 2.99. The quantitative estimate of drug-likeness (QED) is 0.801. The maximum atomic E-state index is 5.42. The van der Waals surface area contributed by atoms with Gasteiger partial charge in [-0.15, -0.1) is 11.3 Å². The van der Waals surface area contributed by atoms with Gasteiger partial charge < -0.3 is 15.5 Å². The molecule has 0 spiro atoms. The lowest BCUT2D eigenvalue weighted by atomic mass is 10.1. The van der Waals surface area contributed by atoms with Crippen LogP contribution in [0.1, 0.15) is 16.5 Å². The molecule has 0 bridgehead atoms. The van der Waals surface area contributed by atoms with E-state index in [1.54, 1.807) is 11.3 Å². The minimum Gasteiger partial charge on any atom is -0.361 e. The van der Waals surface area contributed by atoms with Crippen molar-refractivity contribution in [3.8, 4) is 0 Å². The smallest absolute Gasteiger partial charge is 0.167 e. The number of hydrogen-bond acceptors (Lipinski definition) is 3. The first-order chi connectivity index (χ1) is 10.2. The Morgan fingerprint density at radius 2 is 1.95 bits per heavy atom. The maximum Gasteiger partial charge on any atom is 0.167 e. The van der Waals surface area contributed by atoms with Crippen LogP contribution >= 0.6 is 23.6 Å². The molecule has 0 fully saturated rings. The molecule has 0 aliphatic carbocycles. The van der Waals surface area contributed by atoms with Gasteiger partial charge in [0.25, 0.3) is 0 Å². The van der Waals surface area contributed by atoms with Crippen molar-refractivity contribution in [2.24, 2.45) is 0 Å². The highest BCUT2D eigenvalue weighted by Crippen LogP contribution is 2.25.